The molecule has 0 radical (unpaired) electrons. The molecule has 4 rings (SSSR count). The third kappa shape index (κ3) is 2.63. The van der Waals surface area contributed by atoms with Crippen molar-refractivity contribution in [2.24, 2.45) is 0 Å². The quantitative estimate of drug-likeness (QED) is 0.630. The molecule has 0 saturated carbocycles. The van der Waals surface area contributed by atoms with E-state index in [1.54, 1.807) is 0 Å². The number of carbonyl (C=O) groups excluding carboxylic acids is 1. The standard InChI is InChI=1S/C19H15BrN2O/c20-15-8-10-18-14(12-15)5-3-11-22(18)19(23)17-9-7-13-4-1-2-6-16(13)21-17/h1-2,4,6-10,12H,3,5,11H2. The molecule has 4 heteroatoms. The highest BCUT2D eigenvalue weighted by Gasteiger charge is 2.24. The van der Waals surface area contributed by atoms with Crippen LogP contribution < -0.4 is 4.90 Å². The van der Waals surface area contributed by atoms with Gasteiger partial charge in [0, 0.05) is 22.1 Å². The maximum Gasteiger partial charge on any atom is 0.276 e. The molecular formula is C19H15BrN2O. The fraction of sp³-hybridized carbons (Fsp3) is 0.158. The smallest absolute Gasteiger partial charge is 0.276 e. The van der Waals surface area contributed by atoms with Crippen molar-refractivity contribution in [1.82, 2.24) is 4.98 Å². The Morgan fingerprint density at radius 1 is 1.09 bits per heavy atom. The van der Waals surface area contributed by atoms with Crippen LogP contribution >= 0.6 is 15.9 Å². The summed E-state index contributed by atoms with van der Waals surface area (Å²) in [5, 5.41) is 1.05. The lowest BCUT2D eigenvalue weighted by Crippen LogP contribution is -2.35. The number of hydrogen-bond donors (Lipinski definition) is 0. The highest BCUT2D eigenvalue weighted by atomic mass is 79.9. The van der Waals surface area contributed by atoms with E-state index in [2.05, 4.69) is 27.0 Å². The number of hydrogen-bond acceptors (Lipinski definition) is 2. The lowest BCUT2D eigenvalue weighted by atomic mass is 10.0. The predicted molar refractivity (Wildman–Crippen MR) is 95.9 cm³/mol. The number of para-hydroxylation sites is 1. The lowest BCUT2D eigenvalue weighted by Gasteiger charge is -2.29. The largest absolute Gasteiger partial charge is 0.307 e. The van der Waals surface area contributed by atoms with Gasteiger partial charge in [-0.25, -0.2) is 4.98 Å². The Morgan fingerprint density at radius 2 is 1.96 bits per heavy atom. The van der Waals surface area contributed by atoms with Gasteiger partial charge in [-0.2, -0.15) is 0 Å². The summed E-state index contributed by atoms with van der Waals surface area (Å²) in [5.41, 5.74) is 3.56. The van der Waals surface area contributed by atoms with E-state index in [0.29, 0.717) is 5.69 Å². The van der Waals surface area contributed by atoms with Gasteiger partial charge in [0.2, 0.25) is 0 Å². The molecule has 1 aromatic heterocycles. The zero-order chi connectivity index (χ0) is 15.8. The van der Waals surface area contributed by atoms with Gasteiger partial charge in [-0.15, -0.1) is 0 Å². The van der Waals surface area contributed by atoms with E-state index in [-0.39, 0.29) is 5.91 Å². The van der Waals surface area contributed by atoms with Crippen LogP contribution in [0, 0.1) is 0 Å². The first kappa shape index (κ1) is 14.4. The van der Waals surface area contributed by atoms with Crippen molar-refractivity contribution < 1.29 is 4.79 Å². The Hall–Kier alpha value is -2.20. The summed E-state index contributed by atoms with van der Waals surface area (Å²) in [6, 6.07) is 17.7. The molecule has 1 aliphatic heterocycles. The molecule has 0 fully saturated rings. The zero-order valence-electron chi connectivity index (χ0n) is 12.5. The number of rotatable bonds is 1. The Morgan fingerprint density at radius 3 is 2.87 bits per heavy atom. The average Bonchev–Trinajstić information content (AvgIpc) is 2.60. The number of carbonyl (C=O) groups is 1. The molecule has 2 heterocycles. The normalized spacial score (nSPS) is 13.9. The molecule has 3 aromatic rings. The maximum atomic E-state index is 12.9. The van der Waals surface area contributed by atoms with Gasteiger partial charge in [-0.3, -0.25) is 4.79 Å². The average molecular weight is 367 g/mol. The van der Waals surface area contributed by atoms with E-state index >= 15 is 0 Å². The summed E-state index contributed by atoms with van der Waals surface area (Å²) in [5.74, 6) is -0.0287. The third-order valence-corrected chi connectivity index (χ3v) is 4.72. The zero-order valence-corrected chi connectivity index (χ0v) is 14.1. The molecule has 0 unspecified atom stereocenters. The number of amides is 1. The van der Waals surface area contributed by atoms with Crippen LogP contribution in [0.25, 0.3) is 10.9 Å². The van der Waals surface area contributed by atoms with Gasteiger partial charge in [0.05, 0.1) is 5.52 Å². The van der Waals surface area contributed by atoms with E-state index < -0.39 is 0 Å². The summed E-state index contributed by atoms with van der Waals surface area (Å²) in [6.45, 7) is 0.738. The van der Waals surface area contributed by atoms with Crippen molar-refractivity contribution in [2.45, 2.75) is 12.8 Å². The first-order valence-electron chi connectivity index (χ1n) is 7.68. The Labute approximate surface area is 143 Å². The molecule has 3 nitrogen and oxygen atoms in total. The number of fused-ring (bicyclic) bond motifs is 2. The van der Waals surface area contributed by atoms with Gasteiger partial charge >= 0.3 is 0 Å². The van der Waals surface area contributed by atoms with Crippen LogP contribution in [0.2, 0.25) is 0 Å². The number of halogens is 1. The van der Waals surface area contributed by atoms with Gasteiger partial charge in [-0.05, 0) is 48.7 Å². The molecule has 23 heavy (non-hydrogen) atoms. The maximum absolute atomic E-state index is 12.9. The minimum absolute atomic E-state index is 0.0287. The molecule has 0 atom stereocenters. The van der Waals surface area contributed by atoms with Crippen molar-refractivity contribution in [1.29, 1.82) is 0 Å². The minimum Gasteiger partial charge on any atom is -0.307 e. The third-order valence-electron chi connectivity index (χ3n) is 4.22. The van der Waals surface area contributed by atoms with Crippen molar-refractivity contribution in [3.8, 4) is 0 Å². The number of nitrogens with zero attached hydrogens (tertiary/aromatic N) is 2. The van der Waals surface area contributed by atoms with Crippen LogP contribution in [0.15, 0.2) is 59.1 Å². The Kier molecular flexibility index (Phi) is 3.62. The molecular weight excluding hydrogens is 352 g/mol. The number of benzene rings is 2. The van der Waals surface area contributed by atoms with Crippen molar-refractivity contribution in [3.05, 3.63) is 70.3 Å². The van der Waals surface area contributed by atoms with Crippen LogP contribution in [0.3, 0.4) is 0 Å². The molecule has 0 N–H and O–H groups in total. The molecule has 0 spiro atoms. The van der Waals surface area contributed by atoms with E-state index in [9.17, 15) is 4.79 Å². The first-order valence-corrected chi connectivity index (χ1v) is 8.48. The SMILES string of the molecule is O=C(c1ccc2ccccc2n1)N1CCCc2cc(Br)ccc21. The van der Waals surface area contributed by atoms with E-state index in [0.717, 1.165) is 40.4 Å². The molecule has 0 saturated heterocycles. The Bertz CT molecular complexity index is 907. The number of anilines is 1. The predicted octanol–water partition coefficient (Wildman–Crippen LogP) is 4.59. The molecule has 0 aliphatic carbocycles. The highest BCUT2D eigenvalue weighted by molar-refractivity contribution is 9.10. The van der Waals surface area contributed by atoms with Crippen LogP contribution in [0.5, 0.6) is 0 Å². The van der Waals surface area contributed by atoms with Crippen LogP contribution in [-0.4, -0.2) is 17.4 Å². The fourth-order valence-corrected chi connectivity index (χ4v) is 3.51. The molecule has 114 valence electrons. The van der Waals surface area contributed by atoms with Gasteiger partial charge in [0.25, 0.3) is 5.91 Å². The van der Waals surface area contributed by atoms with Gasteiger partial charge < -0.3 is 4.90 Å². The highest BCUT2D eigenvalue weighted by Crippen LogP contribution is 2.30. The van der Waals surface area contributed by atoms with Crippen LogP contribution in [0.1, 0.15) is 22.5 Å². The summed E-state index contributed by atoms with van der Waals surface area (Å²) in [4.78, 5) is 19.3. The number of aromatic nitrogens is 1. The van der Waals surface area contributed by atoms with Crippen LogP contribution in [0.4, 0.5) is 5.69 Å². The first-order chi connectivity index (χ1) is 11.2. The number of aryl methyl sites for hydroxylation is 1. The minimum atomic E-state index is -0.0287. The topological polar surface area (TPSA) is 33.2 Å². The second kappa shape index (κ2) is 5.78. The summed E-state index contributed by atoms with van der Waals surface area (Å²) in [7, 11) is 0. The number of pyridine rings is 1. The fourth-order valence-electron chi connectivity index (χ4n) is 3.10. The molecule has 1 aliphatic rings. The molecule has 1 amide bonds. The lowest BCUT2D eigenvalue weighted by molar-refractivity contribution is 0.0980. The molecule has 0 bridgehead atoms. The second-order valence-electron chi connectivity index (χ2n) is 5.72. The van der Waals surface area contributed by atoms with Gasteiger partial charge in [0.15, 0.2) is 0 Å². The van der Waals surface area contributed by atoms with E-state index in [1.807, 2.05) is 53.4 Å². The van der Waals surface area contributed by atoms with Gasteiger partial charge in [-0.1, -0.05) is 40.2 Å². The summed E-state index contributed by atoms with van der Waals surface area (Å²) < 4.78 is 1.05. The Balaban J connectivity index is 1.74. The summed E-state index contributed by atoms with van der Waals surface area (Å²) in [6.07, 6.45) is 1.98. The molecule has 2 aromatic carbocycles. The van der Waals surface area contributed by atoms with Crippen molar-refractivity contribution in [3.63, 3.8) is 0 Å². The van der Waals surface area contributed by atoms with Crippen molar-refractivity contribution in [2.75, 3.05) is 11.4 Å². The van der Waals surface area contributed by atoms with Gasteiger partial charge in [0.1, 0.15) is 5.69 Å². The van der Waals surface area contributed by atoms with Crippen LogP contribution in [-0.2, 0) is 6.42 Å². The van der Waals surface area contributed by atoms with E-state index in [1.165, 1.54) is 5.56 Å². The summed E-state index contributed by atoms with van der Waals surface area (Å²) >= 11 is 3.50. The monoisotopic (exact) mass is 366 g/mol. The second-order valence-corrected chi connectivity index (χ2v) is 6.64. The van der Waals surface area contributed by atoms with E-state index in [4.69, 9.17) is 0 Å². The van der Waals surface area contributed by atoms with Crippen molar-refractivity contribution >= 4 is 38.4 Å².